The van der Waals surface area contributed by atoms with Gasteiger partial charge in [-0.25, -0.2) is 8.42 Å². The molecular formula is C18H25N3O4S. The second-order valence-electron chi connectivity index (χ2n) is 7.06. The number of nitrogens with zero attached hydrogens (tertiary/aromatic N) is 2. The molecule has 8 heteroatoms. The van der Waals surface area contributed by atoms with Crippen molar-refractivity contribution in [3.63, 3.8) is 0 Å². The lowest BCUT2D eigenvalue weighted by Gasteiger charge is -2.30. The number of carbonyl (C=O) groups is 2. The van der Waals surface area contributed by atoms with E-state index < -0.39 is 10.0 Å². The van der Waals surface area contributed by atoms with Gasteiger partial charge in [-0.05, 0) is 50.3 Å². The van der Waals surface area contributed by atoms with Gasteiger partial charge in [-0.2, -0.15) is 4.31 Å². The number of carbonyl (C=O) groups excluding carboxylic acids is 2. The molecule has 2 aliphatic rings. The third kappa shape index (κ3) is 3.61. The van der Waals surface area contributed by atoms with E-state index in [0.717, 1.165) is 31.5 Å². The number of piperidine rings is 1. The molecule has 2 fully saturated rings. The Kier molecular flexibility index (Phi) is 5.34. The van der Waals surface area contributed by atoms with Crippen molar-refractivity contribution >= 4 is 21.8 Å². The molecule has 7 nitrogen and oxygen atoms in total. The minimum Gasteiger partial charge on any atom is -0.369 e. The molecule has 0 atom stereocenters. The van der Waals surface area contributed by atoms with Crippen LogP contribution < -0.4 is 5.73 Å². The number of amides is 2. The van der Waals surface area contributed by atoms with Crippen LogP contribution in [0.15, 0.2) is 23.1 Å². The minimum atomic E-state index is -3.70. The molecule has 2 N–H and O–H groups in total. The number of nitrogens with two attached hydrogens (primary N) is 1. The number of primary amides is 1. The Balaban J connectivity index is 1.83. The summed E-state index contributed by atoms with van der Waals surface area (Å²) in [6.45, 7) is 3.78. The first-order valence-corrected chi connectivity index (χ1v) is 10.4. The van der Waals surface area contributed by atoms with E-state index in [-0.39, 0.29) is 35.7 Å². The van der Waals surface area contributed by atoms with Crippen molar-refractivity contribution in [1.82, 2.24) is 9.21 Å². The summed E-state index contributed by atoms with van der Waals surface area (Å²) in [5, 5.41) is 0. The number of hydrogen-bond acceptors (Lipinski definition) is 4. The highest BCUT2D eigenvalue weighted by Gasteiger charge is 2.32. The average Bonchev–Trinajstić information content (AvgIpc) is 3.16. The van der Waals surface area contributed by atoms with Crippen molar-refractivity contribution in [1.29, 1.82) is 0 Å². The van der Waals surface area contributed by atoms with E-state index >= 15 is 0 Å². The van der Waals surface area contributed by atoms with Crippen molar-refractivity contribution < 1.29 is 18.0 Å². The summed E-state index contributed by atoms with van der Waals surface area (Å²) in [5.74, 6) is -0.757. The normalized spacial score (nSPS) is 19.7. The third-order valence-electron chi connectivity index (χ3n) is 5.33. The van der Waals surface area contributed by atoms with Crippen molar-refractivity contribution in [2.24, 2.45) is 11.7 Å². The topological polar surface area (TPSA) is 101 Å². The summed E-state index contributed by atoms with van der Waals surface area (Å²) >= 11 is 0. The second-order valence-corrected chi connectivity index (χ2v) is 8.99. The van der Waals surface area contributed by atoms with Crippen LogP contribution in [0, 0.1) is 12.8 Å². The molecule has 0 bridgehead atoms. The van der Waals surface area contributed by atoms with E-state index in [0.29, 0.717) is 18.4 Å². The molecule has 2 aliphatic heterocycles. The zero-order valence-electron chi connectivity index (χ0n) is 15.0. The van der Waals surface area contributed by atoms with Gasteiger partial charge in [0.05, 0.1) is 4.90 Å². The molecule has 1 aromatic carbocycles. The van der Waals surface area contributed by atoms with Crippen molar-refractivity contribution in [2.45, 2.75) is 37.5 Å². The van der Waals surface area contributed by atoms with Gasteiger partial charge in [0.1, 0.15) is 0 Å². The van der Waals surface area contributed by atoms with Gasteiger partial charge >= 0.3 is 0 Å². The number of aryl methyl sites for hydroxylation is 1. The Morgan fingerprint density at radius 3 is 2.27 bits per heavy atom. The number of benzene rings is 1. The second kappa shape index (κ2) is 7.36. The van der Waals surface area contributed by atoms with Crippen LogP contribution in [0.3, 0.4) is 0 Å². The fraction of sp³-hybridized carbons (Fsp3) is 0.556. The van der Waals surface area contributed by atoms with Crippen LogP contribution in [0.4, 0.5) is 0 Å². The minimum absolute atomic E-state index is 0.107. The molecule has 142 valence electrons. The van der Waals surface area contributed by atoms with E-state index in [1.54, 1.807) is 17.0 Å². The molecule has 2 saturated heterocycles. The van der Waals surface area contributed by atoms with E-state index in [1.807, 2.05) is 6.92 Å². The lowest BCUT2D eigenvalue weighted by Crippen LogP contribution is -2.41. The Bertz CT molecular complexity index is 808. The summed E-state index contributed by atoms with van der Waals surface area (Å²) in [6.07, 6.45) is 2.83. The van der Waals surface area contributed by atoms with Crippen LogP contribution in [0.5, 0.6) is 0 Å². The molecule has 0 aliphatic carbocycles. The monoisotopic (exact) mass is 379 g/mol. The van der Waals surface area contributed by atoms with Crippen LogP contribution in [0.2, 0.25) is 0 Å². The fourth-order valence-electron chi connectivity index (χ4n) is 3.61. The predicted octanol–water partition coefficient (Wildman–Crippen LogP) is 1.12. The summed E-state index contributed by atoms with van der Waals surface area (Å²) in [7, 11) is -3.70. The zero-order valence-corrected chi connectivity index (χ0v) is 15.8. The van der Waals surface area contributed by atoms with Gasteiger partial charge in [0, 0.05) is 37.7 Å². The molecule has 2 heterocycles. The molecule has 26 heavy (non-hydrogen) atoms. The Morgan fingerprint density at radius 2 is 1.69 bits per heavy atom. The fourth-order valence-corrected chi connectivity index (χ4v) is 5.11. The lowest BCUT2D eigenvalue weighted by atomic mass is 9.98. The summed E-state index contributed by atoms with van der Waals surface area (Å²) in [6, 6.07) is 4.73. The summed E-state index contributed by atoms with van der Waals surface area (Å²) < 4.78 is 27.3. The molecule has 1 aromatic rings. The molecular weight excluding hydrogens is 354 g/mol. The van der Waals surface area contributed by atoms with E-state index in [9.17, 15) is 18.0 Å². The maximum absolute atomic E-state index is 13.0. The van der Waals surface area contributed by atoms with Gasteiger partial charge in [-0.3, -0.25) is 9.59 Å². The highest BCUT2D eigenvalue weighted by atomic mass is 32.2. The summed E-state index contributed by atoms with van der Waals surface area (Å²) in [4.78, 5) is 25.9. The van der Waals surface area contributed by atoms with Crippen molar-refractivity contribution in [2.75, 3.05) is 26.2 Å². The smallest absolute Gasteiger partial charge is 0.254 e. The van der Waals surface area contributed by atoms with E-state index in [4.69, 9.17) is 5.73 Å². The zero-order chi connectivity index (χ0) is 18.9. The van der Waals surface area contributed by atoms with E-state index in [2.05, 4.69) is 0 Å². The first kappa shape index (κ1) is 18.8. The Labute approximate surface area is 154 Å². The van der Waals surface area contributed by atoms with Gasteiger partial charge in [-0.15, -0.1) is 0 Å². The molecule has 0 aromatic heterocycles. The standard InChI is InChI=1S/C18H25N3O4S/c1-13-4-5-15(12-16(13)18(23)20-8-2-3-9-20)26(24,25)21-10-6-14(7-11-21)17(19)22/h4-5,12,14H,2-3,6-11H2,1H3,(H2,19,22). The van der Waals surface area contributed by atoms with Gasteiger partial charge in [0.25, 0.3) is 5.91 Å². The van der Waals surface area contributed by atoms with Crippen LogP contribution in [-0.2, 0) is 14.8 Å². The molecule has 0 saturated carbocycles. The first-order chi connectivity index (χ1) is 12.3. The van der Waals surface area contributed by atoms with Gasteiger partial charge < -0.3 is 10.6 Å². The first-order valence-electron chi connectivity index (χ1n) is 9.00. The van der Waals surface area contributed by atoms with Gasteiger partial charge in [0.2, 0.25) is 15.9 Å². The molecule has 0 spiro atoms. The molecule has 0 radical (unpaired) electrons. The predicted molar refractivity (Wildman–Crippen MR) is 97.0 cm³/mol. The highest BCUT2D eigenvalue weighted by molar-refractivity contribution is 7.89. The number of hydrogen-bond donors (Lipinski definition) is 1. The molecule has 2 amide bonds. The average molecular weight is 379 g/mol. The maximum atomic E-state index is 13.0. The SMILES string of the molecule is Cc1ccc(S(=O)(=O)N2CCC(C(N)=O)CC2)cc1C(=O)N1CCCC1. The number of sulfonamides is 1. The van der Waals surface area contributed by atoms with Crippen molar-refractivity contribution in [3.8, 4) is 0 Å². The van der Waals surface area contributed by atoms with Gasteiger partial charge in [0.15, 0.2) is 0 Å². The van der Waals surface area contributed by atoms with E-state index in [1.165, 1.54) is 10.4 Å². The van der Waals surface area contributed by atoms with Crippen LogP contribution in [0.1, 0.15) is 41.6 Å². The van der Waals surface area contributed by atoms with Crippen LogP contribution >= 0.6 is 0 Å². The third-order valence-corrected chi connectivity index (χ3v) is 7.22. The Morgan fingerprint density at radius 1 is 1.08 bits per heavy atom. The summed E-state index contributed by atoms with van der Waals surface area (Å²) in [5.41, 5.74) is 6.53. The lowest BCUT2D eigenvalue weighted by molar-refractivity contribution is -0.122. The Hall–Kier alpha value is -1.93. The molecule has 0 unspecified atom stereocenters. The van der Waals surface area contributed by atoms with Crippen LogP contribution in [0.25, 0.3) is 0 Å². The largest absolute Gasteiger partial charge is 0.369 e. The number of rotatable bonds is 4. The number of likely N-dealkylation sites (tertiary alicyclic amines) is 1. The van der Waals surface area contributed by atoms with Crippen molar-refractivity contribution in [3.05, 3.63) is 29.3 Å². The quantitative estimate of drug-likeness (QED) is 0.847. The molecule has 3 rings (SSSR count). The van der Waals surface area contributed by atoms with Gasteiger partial charge in [-0.1, -0.05) is 6.07 Å². The van der Waals surface area contributed by atoms with Crippen LogP contribution in [-0.4, -0.2) is 55.6 Å². The highest BCUT2D eigenvalue weighted by Crippen LogP contribution is 2.26. The maximum Gasteiger partial charge on any atom is 0.254 e.